The molecule has 0 fully saturated rings. The van der Waals surface area contributed by atoms with Crippen LogP contribution >= 0.6 is 24.0 Å². The number of rotatable bonds is 6. The van der Waals surface area contributed by atoms with Gasteiger partial charge in [0.2, 0.25) is 0 Å². The number of aliphatic imine (C=N–C) groups is 1. The lowest BCUT2D eigenvalue weighted by Crippen LogP contribution is -2.39. The molecule has 27 heavy (non-hydrogen) atoms. The summed E-state index contributed by atoms with van der Waals surface area (Å²) >= 11 is 0. The number of hydrogen-bond donors (Lipinski definition) is 3. The molecule has 1 aromatic carbocycles. The fourth-order valence-corrected chi connectivity index (χ4v) is 2.57. The highest BCUT2D eigenvalue weighted by molar-refractivity contribution is 14.0. The zero-order valence-electron chi connectivity index (χ0n) is 16.9. The quantitative estimate of drug-likeness (QED) is 0.334. The van der Waals surface area contributed by atoms with Crippen molar-refractivity contribution in [2.75, 3.05) is 13.1 Å². The highest BCUT2D eigenvalue weighted by atomic mass is 127. The summed E-state index contributed by atoms with van der Waals surface area (Å²) in [5.41, 5.74) is 3.29. The first-order chi connectivity index (χ1) is 12.3. The van der Waals surface area contributed by atoms with Gasteiger partial charge in [-0.15, -0.1) is 24.0 Å². The van der Waals surface area contributed by atoms with Crippen LogP contribution in [0.3, 0.4) is 0 Å². The van der Waals surface area contributed by atoms with Crippen LogP contribution in [0.2, 0.25) is 0 Å². The molecule has 1 aromatic heterocycles. The molecule has 1 atom stereocenters. The van der Waals surface area contributed by atoms with E-state index in [4.69, 9.17) is 0 Å². The number of nitrogens with one attached hydrogen (secondary N) is 2. The van der Waals surface area contributed by atoms with Gasteiger partial charge in [-0.2, -0.15) is 5.10 Å². The zero-order valence-corrected chi connectivity index (χ0v) is 19.2. The van der Waals surface area contributed by atoms with E-state index in [1.54, 1.807) is 10.9 Å². The Hall–Kier alpha value is -1.61. The minimum atomic E-state index is -0.593. The molecular weight excluding hydrogens is 453 g/mol. The number of nitrogens with zero attached hydrogens (tertiary/aromatic N) is 3. The van der Waals surface area contributed by atoms with Crippen LogP contribution in [-0.2, 0) is 19.0 Å². The summed E-state index contributed by atoms with van der Waals surface area (Å²) in [6.45, 7) is 10.2. The molecular formula is C20H32IN5O. The Bertz CT molecular complexity index is 719. The van der Waals surface area contributed by atoms with Crippen LogP contribution in [-0.4, -0.2) is 33.9 Å². The van der Waals surface area contributed by atoms with Gasteiger partial charge in [-0.1, -0.05) is 45.0 Å². The van der Waals surface area contributed by atoms with Crippen molar-refractivity contribution in [3.63, 3.8) is 0 Å². The second-order valence-electron chi connectivity index (χ2n) is 7.41. The number of guanidine groups is 1. The van der Waals surface area contributed by atoms with Gasteiger partial charge in [-0.05, 0) is 29.5 Å². The molecule has 2 rings (SSSR count). The molecule has 0 aliphatic rings. The second-order valence-corrected chi connectivity index (χ2v) is 7.41. The first-order valence-corrected chi connectivity index (χ1v) is 9.09. The van der Waals surface area contributed by atoms with Gasteiger partial charge in [-0.3, -0.25) is 4.68 Å². The third-order valence-electron chi connectivity index (χ3n) is 4.29. The average Bonchev–Trinajstić information content (AvgIpc) is 3.01. The van der Waals surface area contributed by atoms with Crippen molar-refractivity contribution in [1.82, 2.24) is 20.4 Å². The normalized spacial score (nSPS) is 13.0. The van der Waals surface area contributed by atoms with E-state index < -0.39 is 6.10 Å². The largest absolute Gasteiger partial charge is 0.387 e. The lowest BCUT2D eigenvalue weighted by molar-refractivity contribution is 0.181. The van der Waals surface area contributed by atoms with Crippen molar-refractivity contribution < 1.29 is 5.11 Å². The Labute approximate surface area is 179 Å². The van der Waals surface area contributed by atoms with Gasteiger partial charge < -0.3 is 15.7 Å². The molecule has 7 heteroatoms. The smallest absolute Gasteiger partial charge is 0.191 e. The van der Waals surface area contributed by atoms with Crippen molar-refractivity contribution in [2.24, 2.45) is 12.0 Å². The minimum absolute atomic E-state index is 0. The summed E-state index contributed by atoms with van der Waals surface area (Å²) in [4.78, 5) is 4.55. The molecule has 0 amide bonds. The Morgan fingerprint density at radius 1 is 1.19 bits per heavy atom. The molecule has 0 aliphatic heterocycles. The molecule has 0 spiro atoms. The van der Waals surface area contributed by atoms with E-state index in [0.29, 0.717) is 19.0 Å². The van der Waals surface area contributed by atoms with Gasteiger partial charge in [0.25, 0.3) is 0 Å². The van der Waals surface area contributed by atoms with Gasteiger partial charge in [0.05, 0.1) is 18.3 Å². The maximum absolute atomic E-state index is 10.5. The molecule has 3 N–H and O–H groups in total. The number of aromatic nitrogens is 2. The minimum Gasteiger partial charge on any atom is -0.387 e. The van der Waals surface area contributed by atoms with Crippen LogP contribution in [0, 0.1) is 0 Å². The molecule has 0 aliphatic carbocycles. The van der Waals surface area contributed by atoms with E-state index in [-0.39, 0.29) is 29.4 Å². The molecule has 150 valence electrons. The third kappa shape index (κ3) is 7.14. The fraction of sp³-hybridized carbons (Fsp3) is 0.500. The zero-order chi connectivity index (χ0) is 19.2. The van der Waals surface area contributed by atoms with E-state index in [0.717, 1.165) is 17.8 Å². The maximum Gasteiger partial charge on any atom is 0.191 e. The van der Waals surface area contributed by atoms with Crippen LogP contribution in [0.1, 0.15) is 50.6 Å². The van der Waals surface area contributed by atoms with Crippen LogP contribution in [0.25, 0.3) is 0 Å². The van der Waals surface area contributed by atoms with Crippen LogP contribution < -0.4 is 10.6 Å². The van der Waals surface area contributed by atoms with E-state index in [1.165, 1.54) is 5.56 Å². The molecule has 0 saturated carbocycles. The highest BCUT2D eigenvalue weighted by Gasteiger charge is 2.15. The molecule has 1 unspecified atom stereocenters. The predicted molar refractivity (Wildman–Crippen MR) is 122 cm³/mol. The Morgan fingerprint density at radius 3 is 2.37 bits per heavy atom. The number of aryl methyl sites for hydroxylation is 1. The summed E-state index contributed by atoms with van der Waals surface area (Å²) in [7, 11) is 1.90. The first kappa shape index (κ1) is 23.4. The van der Waals surface area contributed by atoms with Crippen molar-refractivity contribution in [2.45, 2.75) is 45.8 Å². The Balaban J connectivity index is 0.00000364. The summed E-state index contributed by atoms with van der Waals surface area (Å²) in [5.74, 6) is 0.680. The van der Waals surface area contributed by atoms with Crippen LogP contribution in [0.4, 0.5) is 0 Å². The highest BCUT2D eigenvalue weighted by Crippen LogP contribution is 2.23. The van der Waals surface area contributed by atoms with Gasteiger partial charge >= 0.3 is 0 Å². The van der Waals surface area contributed by atoms with Crippen molar-refractivity contribution >= 4 is 29.9 Å². The van der Waals surface area contributed by atoms with Crippen molar-refractivity contribution in [1.29, 1.82) is 0 Å². The number of aliphatic hydroxyl groups excluding tert-OH is 1. The first-order valence-electron chi connectivity index (χ1n) is 9.09. The monoisotopic (exact) mass is 485 g/mol. The van der Waals surface area contributed by atoms with E-state index in [9.17, 15) is 5.11 Å². The Kier molecular flexibility index (Phi) is 9.25. The lowest BCUT2D eigenvalue weighted by Gasteiger charge is -2.20. The molecule has 0 bridgehead atoms. The molecule has 0 radical (unpaired) electrons. The van der Waals surface area contributed by atoms with Gasteiger partial charge in [-0.25, -0.2) is 4.99 Å². The summed E-state index contributed by atoms with van der Waals surface area (Å²) < 4.78 is 1.80. The fourth-order valence-electron chi connectivity index (χ4n) is 2.57. The molecule has 1 heterocycles. The number of aliphatic hydroxyl groups is 1. The maximum atomic E-state index is 10.5. The predicted octanol–water partition coefficient (Wildman–Crippen LogP) is 3.12. The van der Waals surface area contributed by atoms with Crippen LogP contribution in [0.15, 0.2) is 41.5 Å². The van der Waals surface area contributed by atoms with E-state index in [1.807, 2.05) is 32.2 Å². The molecule has 6 nitrogen and oxygen atoms in total. The van der Waals surface area contributed by atoms with E-state index in [2.05, 4.69) is 53.6 Å². The summed E-state index contributed by atoms with van der Waals surface area (Å²) in [6.07, 6.45) is 1.17. The summed E-state index contributed by atoms with van der Waals surface area (Å²) in [6, 6.07) is 10.1. The lowest BCUT2D eigenvalue weighted by atomic mass is 9.86. The Morgan fingerprint density at radius 2 is 1.85 bits per heavy atom. The van der Waals surface area contributed by atoms with Crippen LogP contribution in [0.5, 0.6) is 0 Å². The van der Waals surface area contributed by atoms with Gasteiger partial charge in [0.15, 0.2) is 5.96 Å². The molecule has 0 saturated heterocycles. The standard InChI is InChI=1S/C20H31N5O.HI/c1-6-21-19(22-13-17-11-12-24-25(17)5)23-14-18(26)15-7-9-16(10-8-15)20(2,3)4;/h7-12,18,26H,6,13-14H2,1-5H3,(H2,21,22,23);1H. The number of hydrogen-bond acceptors (Lipinski definition) is 3. The van der Waals surface area contributed by atoms with Gasteiger partial charge in [0.1, 0.15) is 0 Å². The third-order valence-corrected chi connectivity index (χ3v) is 4.29. The number of halogens is 1. The second kappa shape index (κ2) is 10.7. The van der Waals surface area contributed by atoms with E-state index >= 15 is 0 Å². The van der Waals surface area contributed by atoms with Crippen molar-refractivity contribution in [3.05, 3.63) is 53.3 Å². The van der Waals surface area contributed by atoms with Crippen molar-refractivity contribution in [3.8, 4) is 0 Å². The summed E-state index contributed by atoms with van der Waals surface area (Å²) in [5, 5.41) is 21.0. The molecule has 2 aromatic rings. The SMILES string of the molecule is CCNC(=NCc1ccnn1C)NCC(O)c1ccc(C(C)(C)C)cc1.I. The van der Waals surface area contributed by atoms with Gasteiger partial charge in [0, 0.05) is 26.3 Å². The number of benzene rings is 1. The average molecular weight is 485 g/mol. The topological polar surface area (TPSA) is 74.5 Å².